The normalized spacial score (nSPS) is 10.2. The number of methoxy groups -OCH3 is 1. The largest absolute Gasteiger partial charge is 0.497 e. The lowest BCUT2D eigenvalue weighted by Gasteiger charge is -2.24. The second-order valence-electron chi connectivity index (χ2n) is 3.41. The lowest BCUT2D eigenvalue weighted by molar-refractivity contribution is 0.263. The van der Waals surface area contributed by atoms with Gasteiger partial charge in [0.15, 0.2) is 0 Å². The van der Waals surface area contributed by atoms with Gasteiger partial charge in [-0.15, -0.1) is 0 Å². The van der Waals surface area contributed by atoms with Crippen LogP contribution in [-0.2, 0) is 0 Å². The topological polar surface area (TPSA) is 29.5 Å². The van der Waals surface area contributed by atoms with Crippen LogP contribution in [0.1, 0.15) is 13.8 Å². The standard InChI is InChI=1S/C11H14ClNO2/c1-8(2)13(11(12)14)9-4-6-10(15-3)7-5-9/h4-8H,1-3H3. The van der Waals surface area contributed by atoms with Gasteiger partial charge in [0.05, 0.1) is 7.11 Å². The molecule has 0 heterocycles. The number of benzene rings is 1. The van der Waals surface area contributed by atoms with Crippen LogP contribution in [0.25, 0.3) is 0 Å². The number of carbonyl (C=O) groups is 1. The minimum absolute atomic E-state index is 0.0309. The van der Waals surface area contributed by atoms with Gasteiger partial charge in [0.2, 0.25) is 0 Å². The monoisotopic (exact) mass is 227 g/mol. The molecule has 0 saturated heterocycles. The van der Waals surface area contributed by atoms with Gasteiger partial charge in [-0.25, -0.2) is 0 Å². The fourth-order valence-corrected chi connectivity index (χ4v) is 1.64. The van der Waals surface area contributed by atoms with Gasteiger partial charge in [-0.2, -0.15) is 0 Å². The number of amides is 1. The highest BCUT2D eigenvalue weighted by atomic mass is 35.5. The lowest BCUT2D eigenvalue weighted by Crippen LogP contribution is -2.32. The van der Waals surface area contributed by atoms with Crippen molar-refractivity contribution >= 4 is 22.7 Å². The Balaban J connectivity index is 2.97. The van der Waals surface area contributed by atoms with Gasteiger partial charge < -0.3 is 4.74 Å². The molecule has 0 radical (unpaired) electrons. The first-order valence-electron chi connectivity index (χ1n) is 4.69. The number of nitrogens with zero attached hydrogens (tertiary/aromatic N) is 1. The average molecular weight is 228 g/mol. The van der Waals surface area contributed by atoms with Crippen molar-refractivity contribution in [2.24, 2.45) is 0 Å². The van der Waals surface area contributed by atoms with Gasteiger partial charge in [-0.1, -0.05) is 0 Å². The number of carbonyl (C=O) groups excluding carboxylic acids is 1. The predicted molar refractivity (Wildman–Crippen MR) is 61.9 cm³/mol. The maximum Gasteiger partial charge on any atom is 0.321 e. The Labute approximate surface area is 94.6 Å². The van der Waals surface area contributed by atoms with Crippen LogP contribution >= 0.6 is 11.6 Å². The summed E-state index contributed by atoms with van der Waals surface area (Å²) >= 11 is 5.50. The van der Waals surface area contributed by atoms with Gasteiger partial charge in [-0.05, 0) is 49.7 Å². The minimum Gasteiger partial charge on any atom is -0.497 e. The molecule has 0 bridgehead atoms. The van der Waals surface area contributed by atoms with E-state index >= 15 is 0 Å². The van der Waals surface area contributed by atoms with Crippen molar-refractivity contribution in [3.05, 3.63) is 24.3 Å². The molecule has 0 atom stereocenters. The Bertz CT molecular complexity index is 335. The number of anilines is 1. The average Bonchev–Trinajstić information content (AvgIpc) is 2.18. The molecule has 0 spiro atoms. The number of rotatable bonds is 3. The van der Waals surface area contributed by atoms with Gasteiger partial charge in [0, 0.05) is 11.7 Å². The number of hydrogen-bond acceptors (Lipinski definition) is 2. The molecule has 1 aromatic carbocycles. The first kappa shape index (κ1) is 11.9. The molecule has 0 saturated carbocycles. The summed E-state index contributed by atoms with van der Waals surface area (Å²) in [4.78, 5) is 12.7. The first-order chi connectivity index (χ1) is 7.06. The molecular formula is C11H14ClNO2. The summed E-state index contributed by atoms with van der Waals surface area (Å²) < 4.78 is 5.03. The zero-order chi connectivity index (χ0) is 11.4. The van der Waals surface area contributed by atoms with E-state index in [9.17, 15) is 4.79 Å². The maximum absolute atomic E-state index is 11.2. The predicted octanol–water partition coefficient (Wildman–Crippen LogP) is 3.27. The molecule has 1 amide bonds. The lowest BCUT2D eigenvalue weighted by atomic mass is 10.2. The maximum atomic E-state index is 11.2. The molecule has 0 aliphatic heterocycles. The molecule has 0 aliphatic carbocycles. The van der Waals surface area contributed by atoms with Gasteiger partial charge in [0.25, 0.3) is 0 Å². The van der Waals surface area contributed by atoms with Crippen LogP contribution in [0.4, 0.5) is 10.5 Å². The van der Waals surface area contributed by atoms with E-state index < -0.39 is 5.37 Å². The summed E-state index contributed by atoms with van der Waals surface area (Å²) in [5.41, 5.74) is 0.769. The smallest absolute Gasteiger partial charge is 0.321 e. The van der Waals surface area contributed by atoms with Crippen LogP contribution in [0.2, 0.25) is 0 Å². The molecule has 0 aromatic heterocycles. The van der Waals surface area contributed by atoms with E-state index in [1.807, 2.05) is 13.8 Å². The van der Waals surface area contributed by atoms with E-state index in [1.54, 1.807) is 31.4 Å². The van der Waals surface area contributed by atoms with Crippen molar-refractivity contribution in [3.8, 4) is 5.75 Å². The number of ether oxygens (including phenoxy) is 1. The zero-order valence-electron chi connectivity index (χ0n) is 9.03. The van der Waals surface area contributed by atoms with Gasteiger partial charge in [-0.3, -0.25) is 9.69 Å². The number of halogens is 1. The molecule has 1 rings (SSSR count). The van der Waals surface area contributed by atoms with Crippen molar-refractivity contribution in [1.82, 2.24) is 0 Å². The van der Waals surface area contributed by atoms with Crippen LogP contribution < -0.4 is 9.64 Å². The van der Waals surface area contributed by atoms with Crippen molar-refractivity contribution in [2.45, 2.75) is 19.9 Å². The third kappa shape index (κ3) is 2.86. The zero-order valence-corrected chi connectivity index (χ0v) is 9.78. The van der Waals surface area contributed by atoms with Crippen LogP contribution in [0.15, 0.2) is 24.3 Å². The molecule has 0 unspecified atom stereocenters. The van der Waals surface area contributed by atoms with Crippen molar-refractivity contribution in [3.63, 3.8) is 0 Å². The molecular weight excluding hydrogens is 214 g/mol. The summed E-state index contributed by atoms with van der Waals surface area (Å²) in [6, 6.07) is 7.23. The van der Waals surface area contributed by atoms with Crippen molar-refractivity contribution in [2.75, 3.05) is 12.0 Å². The summed E-state index contributed by atoms with van der Waals surface area (Å²) in [5, 5.41) is -0.477. The van der Waals surface area contributed by atoms with Crippen LogP contribution in [0.3, 0.4) is 0 Å². The highest BCUT2D eigenvalue weighted by Gasteiger charge is 2.16. The van der Waals surface area contributed by atoms with Gasteiger partial charge in [0.1, 0.15) is 5.75 Å². The molecule has 0 fully saturated rings. The first-order valence-corrected chi connectivity index (χ1v) is 5.06. The van der Waals surface area contributed by atoms with E-state index in [0.29, 0.717) is 0 Å². The third-order valence-corrected chi connectivity index (χ3v) is 2.24. The van der Waals surface area contributed by atoms with E-state index in [2.05, 4.69) is 0 Å². The Morgan fingerprint density at radius 2 is 1.87 bits per heavy atom. The van der Waals surface area contributed by atoms with E-state index in [-0.39, 0.29) is 6.04 Å². The van der Waals surface area contributed by atoms with Gasteiger partial charge >= 0.3 is 5.37 Å². The molecule has 4 heteroatoms. The Morgan fingerprint density at radius 1 is 1.33 bits per heavy atom. The summed E-state index contributed by atoms with van der Waals surface area (Å²) in [6.07, 6.45) is 0. The Hall–Kier alpha value is -1.22. The fraction of sp³-hybridized carbons (Fsp3) is 0.364. The molecule has 15 heavy (non-hydrogen) atoms. The van der Waals surface area contributed by atoms with E-state index in [1.165, 1.54) is 4.90 Å². The fourth-order valence-electron chi connectivity index (χ4n) is 1.35. The van der Waals surface area contributed by atoms with E-state index in [4.69, 9.17) is 16.3 Å². The number of hydrogen-bond donors (Lipinski definition) is 0. The second kappa shape index (κ2) is 5.03. The molecule has 82 valence electrons. The third-order valence-electron chi connectivity index (χ3n) is 2.06. The summed E-state index contributed by atoms with van der Waals surface area (Å²) in [5.74, 6) is 0.754. The SMILES string of the molecule is COc1ccc(N(C(=O)Cl)C(C)C)cc1. The van der Waals surface area contributed by atoms with Crippen LogP contribution in [-0.4, -0.2) is 18.5 Å². The van der Waals surface area contributed by atoms with Crippen LogP contribution in [0.5, 0.6) is 5.75 Å². The van der Waals surface area contributed by atoms with Crippen molar-refractivity contribution in [1.29, 1.82) is 0 Å². The van der Waals surface area contributed by atoms with Crippen molar-refractivity contribution < 1.29 is 9.53 Å². The van der Waals surface area contributed by atoms with E-state index in [0.717, 1.165) is 11.4 Å². The highest BCUT2D eigenvalue weighted by Crippen LogP contribution is 2.22. The molecule has 0 aliphatic rings. The Morgan fingerprint density at radius 3 is 2.20 bits per heavy atom. The summed E-state index contributed by atoms with van der Waals surface area (Å²) in [6.45, 7) is 3.81. The summed E-state index contributed by atoms with van der Waals surface area (Å²) in [7, 11) is 1.60. The molecule has 3 nitrogen and oxygen atoms in total. The highest BCUT2D eigenvalue weighted by molar-refractivity contribution is 6.66. The molecule has 1 aromatic rings. The second-order valence-corrected chi connectivity index (χ2v) is 3.74. The molecule has 0 N–H and O–H groups in total. The minimum atomic E-state index is -0.477. The quantitative estimate of drug-likeness (QED) is 0.586. The Kier molecular flexibility index (Phi) is 3.97. The van der Waals surface area contributed by atoms with Crippen LogP contribution in [0, 0.1) is 0 Å².